The van der Waals surface area contributed by atoms with Gasteiger partial charge in [0.2, 0.25) is 5.88 Å². The summed E-state index contributed by atoms with van der Waals surface area (Å²) in [5.41, 5.74) is 6.91. The number of anilines is 1. The van der Waals surface area contributed by atoms with Gasteiger partial charge < -0.3 is 10.5 Å². The summed E-state index contributed by atoms with van der Waals surface area (Å²) in [5.74, 6) is 1.03. The monoisotopic (exact) mass is 387 g/mol. The van der Waals surface area contributed by atoms with Gasteiger partial charge in [-0.15, -0.1) is 0 Å². The van der Waals surface area contributed by atoms with Crippen molar-refractivity contribution in [3.63, 3.8) is 0 Å². The summed E-state index contributed by atoms with van der Waals surface area (Å²) in [6, 6.07) is 15.2. The molecular formula is C16H10IN3O. The summed E-state index contributed by atoms with van der Waals surface area (Å²) in [6.07, 6.45) is 1.70. The molecule has 21 heavy (non-hydrogen) atoms. The van der Waals surface area contributed by atoms with Crippen LogP contribution in [-0.2, 0) is 0 Å². The molecule has 0 spiro atoms. The number of halogens is 1. The third kappa shape index (κ3) is 2.62. The van der Waals surface area contributed by atoms with Crippen molar-refractivity contribution in [1.82, 2.24) is 4.98 Å². The van der Waals surface area contributed by atoms with Crippen LogP contribution in [0.1, 0.15) is 5.56 Å². The molecule has 0 aliphatic carbocycles. The summed E-state index contributed by atoms with van der Waals surface area (Å²) in [6.45, 7) is 0. The Hall–Kier alpha value is -2.33. The lowest BCUT2D eigenvalue weighted by Crippen LogP contribution is -1.97. The molecule has 1 heterocycles. The average molecular weight is 387 g/mol. The third-order valence-corrected chi connectivity index (χ3v) is 3.84. The Morgan fingerprint density at radius 2 is 2.00 bits per heavy atom. The molecule has 0 saturated carbocycles. The molecule has 1 aromatic heterocycles. The zero-order chi connectivity index (χ0) is 14.8. The number of benzene rings is 2. The number of rotatable bonds is 2. The second kappa shape index (κ2) is 5.58. The van der Waals surface area contributed by atoms with Gasteiger partial charge in [0.05, 0.1) is 20.9 Å². The Morgan fingerprint density at radius 3 is 2.76 bits per heavy atom. The SMILES string of the molecule is N#Cc1cc(N)c(Oc2nccc3ccccc23)c(I)c1. The molecule has 0 unspecified atom stereocenters. The first-order valence-corrected chi connectivity index (χ1v) is 7.27. The van der Waals surface area contributed by atoms with Crippen LogP contribution in [0.5, 0.6) is 11.6 Å². The van der Waals surface area contributed by atoms with Gasteiger partial charge in [0.25, 0.3) is 0 Å². The highest BCUT2D eigenvalue weighted by molar-refractivity contribution is 14.1. The van der Waals surface area contributed by atoms with E-state index in [4.69, 9.17) is 15.7 Å². The molecule has 102 valence electrons. The van der Waals surface area contributed by atoms with Crippen LogP contribution in [0.2, 0.25) is 0 Å². The number of nitrogens with two attached hydrogens (primary N) is 1. The summed E-state index contributed by atoms with van der Waals surface area (Å²) in [5, 5.41) is 10.9. The Labute approximate surface area is 135 Å². The number of hydrogen-bond acceptors (Lipinski definition) is 4. The predicted octanol–water partition coefficient (Wildman–Crippen LogP) is 4.09. The van der Waals surface area contributed by atoms with E-state index in [1.807, 2.05) is 30.3 Å². The summed E-state index contributed by atoms with van der Waals surface area (Å²) in [4.78, 5) is 4.28. The standard InChI is InChI=1S/C16H10IN3O/c17-13-7-10(9-18)8-14(19)15(13)21-16-12-4-2-1-3-11(12)5-6-20-16/h1-8H,19H2. The van der Waals surface area contributed by atoms with E-state index in [0.717, 1.165) is 14.3 Å². The lowest BCUT2D eigenvalue weighted by molar-refractivity contribution is 0.468. The number of nitriles is 1. The largest absolute Gasteiger partial charge is 0.435 e. The van der Waals surface area contributed by atoms with Crippen molar-refractivity contribution in [3.05, 3.63) is 57.8 Å². The van der Waals surface area contributed by atoms with Crippen molar-refractivity contribution >= 4 is 39.1 Å². The number of aromatic nitrogens is 1. The Morgan fingerprint density at radius 1 is 1.19 bits per heavy atom. The molecule has 4 nitrogen and oxygen atoms in total. The molecule has 5 heteroatoms. The lowest BCUT2D eigenvalue weighted by atomic mass is 10.2. The van der Waals surface area contributed by atoms with E-state index >= 15 is 0 Å². The summed E-state index contributed by atoms with van der Waals surface area (Å²) < 4.78 is 6.68. The molecule has 0 atom stereocenters. The molecule has 3 aromatic rings. The zero-order valence-corrected chi connectivity index (χ0v) is 13.0. The zero-order valence-electron chi connectivity index (χ0n) is 10.9. The molecule has 2 aromatic carbocycles. The van der Waals surface area contributed by atoms with Crippen LogP contribution in [0, 0.1) is 14.9 Å². The van der Waals surface area contributed by atoms with Gasteiger partial charge in [0.1, 0.15) is 0 Å². The first-order chi connectivity index (χ1) is 10.2. The Kier molecular flexibility index (Phi) is 3.62. The summed E-state index contributed by atoms with van der Waals surface area (Å²) in [7, 11) is 0. The highest BCUT2D eigenvalue weighted by Crippen LogP contribution is 2.35. The van der Waals surface area contributed by atoms with Gasteiger partial charge in [-0.1, -0.05) is 18.2 Å². The summed E-state index contributed by atoms with van der Waals surface area (Å²) >= 11 is 2.10. The maximum absolute atomic E-state index is 8.95. The predicted molar refractivity (Wildman–Crippen MR) is 90.1 cm³/mol. The smallest absolute Gasteiger partial charge is 0.227 e. The van der Waals surface area contributed by atoms with Crippen LogP contribution < -0.4 is 10.5 Å². The van der Waals surface area contributed by atoms with Gasteiger partial charge in [-0.2, -0.15) is 5.26 Å². The van der Waals surface area contributed by atoms with Crippen LogP contribution in [0.25, 0.3) is 10.8 Å². The minimum absolute atomic E-state index is 0.424. The highest BCUT2D eigenvalue weighted by atomic mass is 127. The van der Waals surface area contributed by atoms with E-state index in [1.54, 1.807) is 18.3 Å². The van der Waals surface area contributed by atoms with E-state index in [9.17, 15) is 0 Å². The van der Waals surface area contributed by atoms with E-state index in [2.05, 4.69) is 33.6 Å². The van der Waals surface area contributed by atoms with E-state index in [1.165, 1.54) is 0 Å². The topological polar surface area (TPSA) is 71.9 Å². The maximum Gasteiger partial charge on any atom is 0.227 e. The van der Waals surface area contributed by atoms with Crippen LogP contribution in [-0.4, -0.2) is 4.98 Å². The van der Waals surface area contributed by atoms with E-state index in [-0.39, 0.29) is 0 Å². The number of hydrogen-bond donors (Lipinski definition) is 1. The molecule has 0 fully saturated rings. The molecule has 0 aliphatic heterocycles. The van der Waals surface area contributed by atoms with Crippen molar-refractivity contribution in [1.29, 1.82) is 5.26 Å². The normalized spacial score (nSPS) is 10.3. The van der Waals surface area contributed by atoms with Crippen molar-refractivity contribution < 1.29 is 4.74 Å². The average Bonchev–Trinajstić information content (AvgIpc) is 2.50. The third-order valence-electron chi connectivity index (χ3n) is 3.04. The van der Waals surface area contributed by atoms with Crippen LogP contribution in [0.15, 0.2) is 48.7 Å². The second-order valence-electron chi connectivity index (χ2n) is 4.43. The van der Waals surface area contributed by atoms with Crippen LogP contribution >= 0.6 is 22.6 Å². The number of nitrogens with zero attached hydrogens (tertiary/aromatic N) is 2. The van der Waals surface area contributed by atoms with Gasteiger partial charge in [-0.05, 0) is 52.2 Å². The number of nitrogen functional groups attached to an aromatic ring is 1. The van der Waals surface area contributed by atoms with Crippen molar-refractivity contribution in [2.24, 2.45) is 0 Å². The van der Waals surface area contributed by atoms with E-state index in [0.29, 0.717) is 22.9 Å². The van der Waals surface area contributed by atoms with Crippen molar-refractivity contribution in [3.8, 4) is 17.7 Å². The van der Waals surface area contributed by atoms with Crippen molar-refractivity contribution in [2.45, 2.75) is 0 Å². The van der Waals surface area contributed by atoms with Gasteiger partial charge in [-0.25, -0.2) is 4.98 Å². The molecule has 0 bridgehead atoms. The molecule has 2 N–H and O–H groups in total. The van der Waals surface area contributed by atoms with Gasteiger partial charge >= 0.3 is 0 Å². The van der Waals surface area contributed by atoms with Crippen LogP contribution in [0.3, 0.4) is 0 Å². The van der Waals surface area contributed by atoms with Crippen LogP contribution in [0.4, 0.5) is 5.69 Å². The molecule has 0 radical (unpaired) electrons. The van der Waals surface area contributed by atoms with Gasteiger partial charge in [0, 0.05) is 11.6 Å². The fourth-order valence-corrected chi connectivity index (χ4v) is 2.81. The first-order valence-electron chi connectivity index (χ1n) is 6.20. The quantitative estimate of drug-likeness (QED) is 0.531. The van der Waals surface area contributed by atoms with E-state index < -0.39 is 0 Å². The number of ether oxygens (including phenoxy) is 1. The minimum Gasteiger partial charge on any atom is -0.435 e. The second-order valence-corrected chi connectivity index (χ2v) is 5.59. The minimum atomic E-state index is 0.424. The first kappa shape index (κ1) is 13.6. The fourth-order valence-electron chi connectivity index (χ4n) is 2.06. The maximum atomic E-state index is 8.95. The molecular weight excluding hydrogens is 377 g/mol. The number of fused-ring (bicyclic) bond motifs is 1. The Balaban J connectivity index is 2.10. The van der Waals surface area contributed by atoms with Gasteiger partial charge in [0.15, 0.2) is 5.75 Å². The fraction of sp³-hybridized carbons (Fsp3) is 0. The molecule has 0 saturated heterocycles. The number of pyridine rings is 1. The molecule has 0 amide bonds. The van der Waals surface area contributed by atoms with Gasteiger partial charge in [-0.3, -0.25) is 0 Å². The Bertz CT molecular complexity index is 843. The lowest BCUT2D eigenvalue weighted by Gasteiger charge is -2.11. The highest BCUT2D eigenvalue weighted by Gasteiger charge is 2.12. The molecule has 0 aliphatic rings. The molecule has 3 rings (SSSR count). The van der Waals surface area contributed by atoms with Crippen molar-refractivity contribution in [2.75, 3.05) is 5.73 Å².